The van der Waals surface area contributed by atoms with Crippen LogP contribution in [0.25, 0.3) is 0 Å². The summed E-state index contributed by atoms with van der Waals surface area (Å²) < 4.78 is 9.01. The standard InChI is InChI=1S/C18H20ClN5O2/c1-13-10-15(4-5-16(13)19)26-12-24-9-7-17(21-24)18(25)22(2)11-14-6-8-20-23(14)3/h4-10H,11-12H2,1-3H3. The number of rotatable bonds is 6. The number of amides is 1. The summed E-state index contributed by atoms with van der Waals surface area (Å²) in [4.78, 5) is 14.1. The number of carbonyl (C=O) groups is 1. The van der Waals surface area contributed by atoms with Gasteiger partial charge in [-0.1, -0.05) is 11.6 Å². The third-order valence-corrected chi connectivity index (χ3v) is 4.45. The Morgan fingerprint density at radius 2 is 2.12 bits per heavy atom. The molecule has 1 aromatic carbocycles. The zero-order valence-corrected chi connectivity index (χ0v) is 15.6. The lowest BCUT2D eigenvalue weighted by molar-refractivity contribution is 0.0774. The van der Waals surface area contributed by atoms with Gasteiger partial charge in [0.1, 0.15) is 5.75 Å². The Morgan fingerprint density at radius 1 is 1.31 bits per heavy atom. The third-order valence-electron chi connectivity index (χ3n) is 4.02. The largest absolute Gasteiger partial charge is 0.471 e. The predicted molar refractivity (Wildman–Crippen MR) is 98.0 cm³/mol. The van der Waals surface area contributed by atoms with Gasteiger partial charge in [-0.15, -0.1) is 0 Å². The molecule has 3 aromatic rings. The molecule has 3 rings (SSSR count). The molecule has 0 radical (unpaired) electrons. The summed E-state index contributed by atoms with van der Waals surface area (Å²) in [7, 11) is 3.58. The minimum absolute atomic E-state index is 0.160. The van der Waals surface area contributed by atoms with Crippen LogP contribution in [0.5, 0.6) is 5.75 Å². The minimum atomic E-state index is -0.160. The Balaban J connectivity index is 1.60. The molecule has 0 saturated carbocycles. The van der Waals surface area contributed by atoms with Gasteiger partial charge in [0.05, 0.1) is 12.2 Å². The highest BCUT2D eigenvalue weighted by molar-refractivity contribution is 6.31. The van der Waals surface area contributed by atoms with Gasteiger partial charge < -0.3 is 9.64 Å². The normalized spacial score (nSPS) is 10.8. The van der Waals surface area contributed by atoms with Crippen molar-refractivity contribution in [3.05, 3.63) is 64.7 Å². The van der Waals surface area contributed by atoms with Crippen LogP contribution in [0.3, 0.4) is 0 Å². The van der Waals surface area contributed by atoms with Crippen LogP contribution in [0.1, 0.15) is 21.7 Å². The van der Waals surface area contributed by atoms with E-state index >= 15 is 0 Å². The molecule has 26 heavy (non-hydrogen) atoms. The lowest BCUT2D eigenvalue weighted by Gasteiger charge is -2.15. The molecule has 0 aliphatic carbocycles. The van der Waals surface area contributed by atoms with Gasteiger partial charge in [-0.05, 0) is 42.8 Å². The molecule has 0 unspecified atom stereocenters. The monoisotopic (exact) mass is 373 g/mol. The van der Waals surface area contributed by atoms with Gasteiger partial charge in [0.25, 0.3) is 5.91 Å². The average molecular weight is 374 g/mol. The second-order valence-corrected chi connectivity index (χ2v) is 6.44. The minimum Gasteiger partial charge on any atom is -0.471 e. The van der Waals surface area contributed by atoms with E-state index < -0.39 is 0 Å². The zero-order chi connectivity index (χ0) is 18.7. The van der Waals surface area contributed by atoms with Gasteiger partial charge in [-0.25, -0.2) is 4.68 Å². The first-order valence-electron chi connectivity index (χ1n) is 8.09. The molecular weight excluding hydrogens is 354 g/mol. The number of nitrogens with zero attached hydrogens (tertiary/aromatic N) is 5. The van der Waals surface area contributed by atoms with Crippen molar-refractivity contribution in [3.63, 3.8) is 0 Å². The quantitative estimate of drug-likeness (QED) is 0.666. The van der Waals surface area contributed by atoms with E-state index in [-0.39, 0.29) is 12.6 Å². The smallest absolute Gasteiger partial charge is 0.274 e. The summed E-state index contributed by atoms with van der Waals surface area (Å²) in [6.45, 7) is 2.58. The van der Waals surface area contributed by atoms with Crippen LogP contribution < -0.4 is 4.74 Å². The summed E-state index contributed by atoms with van der Waals surface area (Å²) in [5.74, 6) is 0.538. The highest BCUT2D eigenvalue weighted by Gasteiger charge is 2.16. The van der Waals surface area contributed by atoms with E-state index in [0.29, 0.717) is 23.0 Å². The predicted octanol–water partition coefficient (Wildman–Crippen LogP) is 2.89. The van der Waals surface area contributed by atoms with Crippen molar-refractivity contribution < 1.29 is 9.53 Å². The molecule has 1 amide bonds. The first kappa shape index (κ1) is 18.0. The van der Waals surface area contributed by atoms with Crippen molar-refractivity contribution in [2.45, 2.75) is 20.2 Å². The van der Waals surface area contributed by atoms with Crippen LogP contribution in [-0.4, -0.2) is 37.4 Å². The maximum Gasteiger partial charge on any atom is 0.274 e. The molecule has 0 fully saturated rings. The summed E-state index contributed by atoms with van der Waals surface area (Å²) in [5, 5.41) is 9.09. The van der Waals surface area contributed by atoms with Gasteiger partial charge in [-0.2, -0.15) is 10.2 Å². The Morgan fingerprint density at radius 3 is 2.81 bits per heavy atom. The van der Waals surface area contributed by atoms with Gasteiger partial charge in [0.15, 0.2) is 12.4 Å². The molecule has 136 valence electrons. The second-order valence-electron chi connectivity index (χ2n) is 6.03. The van der Waals surface area contributed by atoms with Crippen LogP contribution in [0.15, 0.2) is 42.7 Å². The topological polar surface area (TPSA) is 65.2 Å². The van der Waals surface area contributed by atoms with Crippen LogP contribution in [-0.2, 0) is 20.3 Å². The summed E-state index contributed by atoms with van der Waals surface area (Å²) >= 11 is 6.01. The summed E-state index contributed by atoms with van der Waals surface area (Å²) in [6, 6.07) is 9.01. The van der Waals surface area contributed by atoms with Crippen molar-refractivity contribution in [3.8, 4) is 5.75 Å². The number of benzene rings is 1. The molecule has 7 nitrogen and oxygen atoms in total. The molecule has 0 N–H and O–H groups in total. The van der Waals surface area contributed by atoms with Crippen LogP contribution >= 0.6 is 11.6 Å². The van der Waals surface area contributed by atoms with Crippen LogP contribution in [0.4, 0.5) is 0 Å². The van der Waals surface area contributed by atoms with E-state index in [1.165, 1.54) is 0 Å². The van der Waals surface area contributed by atoms with Gasteiger partial charge >= 0.3 is 0 Å². The Kier molecular flexibility index (Phi) is 5.27. The van der Waals surface area contributed by atoms with Crippen molar-refractivity contribution in [1.82, 2.24) is 24.5 Å². The molecule has 2 heterocycles. The molecule has 2 aromatic heterocycles. The van der Waals surface area contributed by atoms with E-state index in [0.717, 1.165) is 11.3 Å². The first-order valence-corrected chi connectivity index (χ1v) is 8.46. The molecular formula is C18H20ClN5O2. The fraction of sp³-hybridized carbons (Fsp3) is 0.278. The van der Waals surface area contributed by atoms with E-state index in [9.17, 15) is 4.79 Å². The Hall–Kier alpha value is -2.80. The van der Waals surface area contributed by atoms with E-state index in [4.69, 9.17) is 16.3 Å². The van der Waals surface area contributed by atoms with E-state index in [2.05, 4.69) is 10.2 Å². The van der Waals surface area contributed by atoms with Crippen LogP contribution in [0, 0.1) is 6.92 Å². The maximum absolute atomic E-state index is 12.5. The molecule has 0 spiro atoms. The number of hydrogen-bond donors (Lipinski definition) is 0. The van der Waals surface area contributed by atoms with Crippen molar-refractivity contribution in [2.24, 2.45) is 7.05 Å². The van der Waals surface area contributed by atoms with Crippen LogP contribution in [0.2, 0.25) is 5.02 Å². The van der Waals surface area contributed by atoms with E-state index in [1.54, 1.807) is 51.9 Å². The fourth-order valence-corrected chi connectivity index (χ4v) is 2.58. The lowest BCUT2D eigenvalue weighted by Crippen LogP contribution is -2.27. The van der Waals surface area contributed by atoms with Crippen molar-refractivity contribution in [2.75, 3.05) is 7.05 Å². The Bertz CT molecular complexity index is 918. The maximum atomic E-state index is 12.5. The number of hydrogen-bond acceptors (Lipinski definition) is 4. The molecule has 0 aliphatic rings. The molecule has 8 heteroatoms. The molecule has 0 bridgehead atoms. The highest BCUT2D eigenvalue weighted by atomic mass is 35.5. The highest BCUT2D eigenvalue weighted by Crippen LogP contribution is 2.21. The number of aromatic nitrogens is 4. The number of halogens is 1. The van der Waals surface area contributed by atoms with Crippen molar-refractivity contribution in [1.29, 1.82) is 0 Å². The lowest BCUT2D eigenvalue weighted by atomic mass is 10.2. The summed E-state index contributed by atoms with van der Waals surface area (Å²) in [6.07, 6.45) is 3.42. The van der Waals surface area contributed by atoms with Gasteiger partial charge in [0.2, 0.25) is 0 Å². The number of aryl methyl sites for hydroxylation is 2. The summed E-state index contributed by atoms with van der Waals surface area (Å²) in [5.41, 5.74) is 2.25. The first-order chi connectivity index (χ1) is 12.4. The zero-order valence-electron chi connectivity index (χ0n) is 14.9. The molecule has 0 saturated heterocycles. The fourth-order valence-electron chi connectivity index (χ4n) is 2.46. The van der Waals surface area contributed by atoms with Crippen molar-refractivity contribution >= 4 is 17.5 Å². The SMILES string of the molecule is Cc1cc(OCn2ccc(C(=O)N(C)Cc3ccnn3C)n2)ccc1Cl. The van der Waals surface area contributed by atoms with E-state index in [1.807, 2.05) is 26.1 Å². The number of ether oxygens (including phenoxy) is 1. The van der Waals surface area contributed by atoms with Gasteiger partial charge in [0, 0.05) is 31.5 Å². The van der Waals surface area contributed by atoms with Gasteiger partial charge in [-0.3, -0.25) is 9.48 Å². The Labute approximate surface area is 156 Å². The average Bonchev–Trinajstić information content (AvgIpc) is 3.25. The molecule has 0 atom stereocenters. The number of carbonyl (C=O) groups excluding carboxylic acids is 1. The second kappa shape index (κ2) is 7.61. The molecule has 0 aliphatic heterocycles. The third kappa shape index (κ3) is 4.05.